The smallest absolute Gasteiger partial charge is 0.146 e. The van der Waals surface area contributed by atoms with Crippen LogP contribution in [-0.2, 0) is 5.41 Å². The molecule has 0 aliphatic carbocycles. The summed E-state index contributed by atoms with van der Waals surface area (Å²) < 4.78 is 13.3. The fraction of sp³-hybridized carbons (Fsp3) is 0.364. The van der Waals surface area contributed by atoms with E-state index in [1.807, 2.05) is 13.8 Å². The van der Waals surface area contributed by atoms with Gasteiger partial charge in [0.25, 0.3) is 0 Å². The van der Waals surface area contributed by atoms with Crippen molar-refractivity contribution in [2.45, 2.75) is 25.7 Å². The molecule has 0 aliphatic heterocycles. The molecule has 1 atom stereocenters. The van der Waals surface area contributed by atoms with E-state index in [1.165, 1.54) is 6.20 Å². The van der Waals surface area contributed by atoms with Gasteiger partial charge in [0.1, 0.15) is 5.82 Å². The molecule has 13 heavy (non-hydrogen) atoms. The van der Waals surface area contributed by atoms with Crippen LogP contribution in [-0.4, -0.2) is 4.98 Å². The quantitative estimate of drug-likeness (QED) is 0.632. The fourth-order valence-electron chi connectivity index (χ4n) is 1.19. The predicted molar refractivity (Wildman–Crippen MR) is 50.7 cm³/mol. The first-order valence-corrected chi connectivity index (χ1v) is 4.22. The van der Waals surface area contributed by atoms with Crippen LogP contribution in [0.4, 0.5) is 4.39 Å². The van der Waals surface area contributed by atoms with Gasteiger partial charge >= 0.3 is 0 Å². The Hall–Kier alpha value is -1.36. The third-order valence-corrected chi connectivity index (χ3v) is 2.39. The summed E-state index contributed by atoms with van der Waals surface area (Å²) in [4.78, 5) is 3.68. The summed E-state index contributed by atoms with van der Waals surface area (Å²) >= 11 is 0. The number of hydrogen-bond donors (Lipinski definition) is 0. The zero-order valence-electron chi connectivity index (χ0n) is 7.84. The molecule has 0 N–H and O–H groups in total. The number of hydrogen-bond acceptors (Lipinski definition) is 1. The van der Waals surface area contributed by atoms with Gasteiger partial charge in [0.15, 0.2) is 0 Å². The van der Waals surface area contributed by atoms with Crippen LogP contribution < -0.4 is 0 Å². The van der Waals surface area contributed by atoms with Crippen LogP contribution in [0.1, 0.15) is 25.8 Å². The molecular formula is C11H12FN. The number of halogens is 1. The molecule has 1 aromatic rings. The lowest BCUT2D eigenvalue weighted by Gasteiger charge is -2.22. The SMILES string of the molecule is C#CC(C)(CC)c1ccncc1F. The molecular weight excluding hydrogens is 165 g/mol. The first-order chi connectivity index (χ1) is 6.14. The third-order valence-electron chi connectivity index (χ3n) is 2.39. The lowest BCUT2D eigenvalue weighted by atomic mass is 9.81. The van der Waals surface area contributed by atoms with Gasteiger partial charge in [0.2, 0.25) is 0 Å². The standard InChI is InChI=1S/C11H12FN/c1-4-11(3,5-2)9-6-7-13-8-10(9)12/h1,6-8H,5H2,2-3H3. The van der Waals surface area contributed by atoms with E-state index in [0.717, 1.165) is 0 Å². The second-order valence-electron chi connectivity index (χ2n) is 3.19. The summed E-state index contributed by atoms with van der Waals surface area (Å²) in [7, 11) is 0. The molecule has 1 nitrogen and oxygen atoms in total. The number of aromatic nitrogens is 1. The molecule has 0 amide bonds. The Morgan fingerprint density at radius 1 is 1.69 bits per heavy atom. The van der Waals surface area contributed by atoms with Crippen LogP contribution in [0.2, 0.25) is 0 Å². The summed E-state index contributed by atoms with van der Waals surface area (Å²) in [6.07, 6.45) is 8.85. The normalized spacial score (nSPS) is 14.6. The van der Waals surface area contributed by atoms with Crippen LogP contribution in [0.15, 0.2) is 18.5 Å². The van der Waals surface area contributed by atoms with E-state index >= 15 is 0 Å². The van der Waals surface area contributed by atoms with Crippen molar-refractivity contribution < 1.29 is 4.39 Å². The van der Waals surface area contributed by atoms with E-state index in [-0.39, 0.29) is 5.82 Å². The summed E-state index contributed by atoms with van der Waals surface area (Å²) in [6, 6.07) is 1.64. The maximum Gasteiger partial charge on any atom is 0.146 e. The van der Waals surface area contributed by atoms with E-state index in [0.29, 0.717) is 12.0 Å². The Balaban J connectivity index is 3.22. The highest BCUT2D eigenvalue weighted by molar-refractivity contribution is 5.32. The Bertz CT molecular complexity index is 340. The molecule has 1 rings (SSSR count). The van der Waals surface area contributed by atoms with Gasteiger partial charge in [-0.3, -0.25) is 4.98 Å². The van der Waals surface area contributed by atoms with Crippen molar-refractivity contribution in [1.82, 2.24) is 4.98 Å². The van der Waals surface area contributed by atoms with Crippen molar-refractivity contribution in [3.05, 3.63) is 29.8 Å². The second-order valence-corrected chi connectivity index (χ2v) is 3.19. The first-order valence-electron chi connectivity index (χ1n) is 4.22. The molecule has 1 heterocycles. The molecule has 2 heteroatoms. The van der Waals surface area contributed by atoms with Crippen LogP contribution >= 0.6 is 0 Å². The predicted octanol–water partition coefficient (Wildman–Crippen LogP) is 2.52. The average molecular weight is 177 g/mol. The van der Waals surface area contributed by atoms with Gasteiger partial charge in [0.05, 0.1) is 11.6 Å². The maximum atomic E-state index is 13.3. The zero-order chi connectivity index (χ0) is 9.90. The number of rotatable bonds is 2. The fourth-order valence-corrected chi connectivity index (χ4v) is 1.19. The molecule has 0 aliphatic rings. The third kappa shape index (κ3) is 1.70. The Morgan fingerprint density at radius 2 is 2.38 bits per heavy atom. The van der Waals surface area contributed by atoms with Gasteiger partial charge in [-0.25, -0.2) is 4.39 Å². The molecule has 0 bridgehead atoms. The Morgan fingerprint density at radius 3 is 2.85 bits per heavy atom. The summed E-state index contributed by atoms with van der Waals surface area (Å²) in [5.74, 6) is 2.29. The molecule has 0 spiro atoms. The molecule has 0 saturated carbocycles. The molecule has 0 radical (unpaired) electrons. The highest BCUT2D eigenvalue weighted by atomic mass is 19.1. The van der Waals surface area contributed by atoms with Gasteiger partial charge < -0.3 is 0 Å². The minimum Gasteiger partial charge on any atom is -0.262 e. The van der Waals surface area contributed by atoms with Gasteiger partial charge in [-0.2, -0.15) is 0 Å². The van der Waals surface area contributed by atoms with Crippen molar-refractivity contribution in [2.24, 2.45) is 0 Å². The molecule has 68 valence electrons. The summed E-state index contributed by atoms with van der Waals surface area (Å²) in [6.45, 7) is 3.80. The lowest BCUT2D eigenvalue weighted by Crippen LogP contribution is -2.19. The highest BCUT2D eigenvalue weighted by Crippen LogP contribution is 2.27. The van der Waals surface area contributed by atoms with Crippen molar-refractivity contribution in [3.8, 4) is 12.3 Å². The van der Waals surface area contributed by atoms with Gasteiger partial charge in [0, 0.05) is 11.8 Å². The van der Waals surface area contributed by atoms with E-state index in [2.05, 4.69) is 10.9 Å². The summed E-state index contributed by atoms with van der Waals surface area (Å²) in [5.41, 5.74) is 0.0278. The van der Waals surface area contributed by atoms with Gasteiger partial charge in [-0.1, -0.05) is 12.8 Å². The molecule has 1 aromatic heterocycles. The summed E-state index contributed by atoms with van der Waals surface area (Å²) in [5, 5.41) is 0. The van der Waals surface area contributed by atoms with Crippen molar-refractivity contribution in [3.63, 3.8) is 0 Å². The van der Waals surface area contributed by atoms with E-state index in [1.54, 1.807) is 12.3 Å². The van der Waals surface area contributed by atoms with Gasteiger partial charge in [-0.15, -0.1) is 6.42 Å². The van der Waals surface area contributed by atoms with Gasteiger partial charge in [-0.05, 0) is 19.4 Å². The Labute approximate surface area is 78.0 Å². The van der Waals surface area contributed by atoms with Crippen molar-refractivity contribution >= 4 is 0 Å². The maximum absolute atomic E-state index is 13.3. The number of nitrogens with zero attached hydrogens (tertiary/aromatic N) is 1. The average Bonchev–Trinajstić information content (AvgIpc) is 2.17. The molecule has 0 aromatic carbocycles. The topological polar surface area (TPSA) is 12.9 Å². The van der Waals surface area contributed by atoms with Crippen molar-refractivity contribution in [1.29, 1.82) is 0 Å². The minimum atomic E-state index is -0.521. The molecule has 0 saturated heterocycles. The highest BCUT2D eigenvalue weighted by Gasteiger charge is 2.24. The second kappa shape index (κ2) is 3.57. The van der Waals surface area contributed by atoms with Crippen LogP contribution in [0.5, 0.6) is 0 Å². The largest absolute Gasteiger partial charge is 0.262 e. The van der Waals surface area contributed by atoms with E-state index in [9.17, 15) is 4.39 Å². The van der Waals surface area contributed by atoms with Crippen molar-refractivity contribution in [2.75, 3.05) is 0 Å². The van der Waals surface area contributed by atoms with Crippen LogP contribution in [0.3, 0.4) is 0 Å². The first kappa shape index (κ1) is 9.73. The molecule has 0 fully saturated rings. The molecule has 1 unspecified atom stereocenters. The number of terminal acetylenes is 1. The van der Waals surface area contributed by atoms with E-state index < -0.39 is 5.41 Å². The zero-order valence-corrected chi connectivity index (χ0v) is 7.84. The van der Waals surface area contributed by atoms with Crippen LogP contribution in [0.25, 0.3) is 0 Å². The van der Waals surface area contributed by atoms with Crippen LogP contribution in [0, 0.1) is 18.2 Å². The monoisotopic (exact) mass is 177 g/mol. The number of pyridine rings is 1. The Kier molecular flexibility index (Phi) is 2.67. The van der Waals surface area contributed by atoms with E-state index in [4.69, 9.17) is 6.42 Å². The lowest BCUT2D eigenvalue weighted by molar-refractivity contribution is 0.526. The minimum absolute atomic E-state index is 0.329.